The van der Waals surface area contributed by atoms with Crippen LogP contribution in [0.2, 0.25) is 0 Å². The van der Waals surface area contributed by atoms with Crippen molar-refractivity contribution in [1.29, 1.82) is 0 Å². The Bertz CT molecular complexity index is 850. The van der Waals surface area contributed by atoms with E-state index in [1.807, 2.05) is 29.6 Å². The van der Waals surface area contributed by atoms with Gasteiger partial charge in [0.2, 0.25) is 5.91 Å². The minimum absolute atomic E-state index is 0.130. The quantitative estimate of drug-likeness (QED) is 0.761. The molecule has 0 unspecified atom stereocenters. The Labute approximate surface area is 142 Å². The van der Waals surface area contributed by atoms with Crippen LogP contribution in [0.15, 0.2) is 54.0 Å². The lowest BCUT2D eigenvalue weighted by Crippen LogP contribution is -2.25. The molecule has 3 rings (SSSR count). The van der Waals surface area contributed by atoms with E-state index in [1.165, 1.54) is 6.07 Å². The van der Waals surface area contributed by atoms with E-state index in [1.54, 1.807) is 17.5 Å². The van der Waals surface area contributed by atoms with Crippen LogP contribution in [0.4, 0.5) is 8.78 Å². The van der Waals surface area contributed by atoms with Crippen LogP contribution >= 0.6 is 11.3 Å². The van der Waals surface area contributed by atoms with Crippen LogP contribution in [0.1, 0.15) is 11.1 Å². The average Bonchev–Trinajstić information content (AvgIpc) is 3.10. The number of benzene rings is 1. The van der Waals surface area contributed by atoms with E-state index < -0.39 is 11.6 Å². The minimum atomic E-state index is -0.714. The van der Waals surface area contributed by atoms with Crippen molar-refractivity contribution in [1.82, 2.24) is 10.3 Å². The molecule has 3 aromatic rings. The molecule has 0 fully saturated rings. The molecular weight excluding hydrogens is 330 g/mol. The van der Waals surface area contributed by atoms with E-state index >= 15 is 0 Å². The monoisotopic (exact) mass is 344 g/mol. The smallest absolute Gasteiger partial charge is 0.224 e. The first kappa shape index (κ1) is 16.3. The number of carbonyl (C=O) groups excluding carboxylic acids is 1. The molecule has 0 aliphatic heterocycles. The molecule has 1 N–H and O–H groups in total. The number of halogens is 2. The summed E-state index contributed by atoms with van der Waals surface area (Å²) in [5.74, 6) is -1.70. The highest BCUT2D eigenvalue weighted by atomic mass is 32.1. The minimum Gasteiger partial charge on any atom is -0.352 e. The number of nitrogens with one attached hydrogen (secondary N) is 1. The van der Waals surface area contributed by atoms with Gasteiger partial charge in [0.15, 0.2) is 0 Å². The van der Waals surface area contributed by atoms with Crippen molar-refractivity contribution in [3.63, 3.8) is 0 Å². The van der Waals surface area contributed by atoms with Gasteiger partial charge in [-0.2, -0.15) is 0 Å². The van der Waals surface area contributed by atoms with Crippen LogP contribution in [-0.4, -0.2) is 10.9 Å². The van der Waals surface area contributed by atoms with Gasteiger partial charge < -0.3 is 5.32 Å². The maximum atomic E-state index is 13.6. The Hall–Kier alpha value is -2.60. The zero-order valence-electron chi connectivity index (χ0n) is 12.6. The van der Waals surface area contributed by atoms with Crippen LogP contribution in [0.5, 0.6) is 0 Å². The molecule has 6 heteroatoms. The van der Waals surface area contributed by atoms with Gasteiger partial charge in [0, 0.05) is 18.8 Å². The summed E-state index contributed by atoms with van der Waals surface area (Å²) in [7, 11) is 0. The third-order valence-corrected chi connectivity index (χ3v) is 4.35. The maximum Gasteiger partial charge on any atom is 0.224 e. The van der Waals surface area contributed by atoms with Crippen molar-refractivity contribution in [3.05, 3.63) is 76.8 Å². The molecule has 0 saturated carbocycles. The third-order valence-electron chi connectivity index (χ3n) is 3.45. The summed E-state index contributed by atoms with van der Waals surface area (Å²) in [5.41, 5.74) is 1.92. The summed E-state index contributed by atoms with van der Waals surface area (Å²) >= 11 is 1.59. The highest BCUT2D eigenvalue weighted by Crippen LogP contribution is 2.23. The van der Waals surface area contributed by atoms with Gasteiger partial charge in [0.1, 0.15) is 11.6 Å². The zero-order chi connectivity index (χ0) is 16.9. The van der Waals surface area contributed by atoms with Crippen molar-refractivity contribution in [2.75, 3.05) is 0 Å². The molecule has 2 aromatic heterocycles. The lowest BCUT2D eigenvalue weighted by molar-refractivity contribution is -0.120. The molecule has 0 spiro atoms. The molecule has 0 aliphatic carbocycles. The number of aromatic nitrogens is 1. The number of pyridine rings is 1. The second kappa shape index (κ2) is 7.31. The molecular formula is C18H14F2N2OS. The van der Waals surface area contributed by atoms with Gasteiger partial charge in [-0.3, -0.25) is 9.78 Å². The summed E-state index contributed by atoms with van der Waals surface area (Å²) in [4.78, 5) is 17.3. The van der Waals surface area contributed by atoms with Gasteiger partial charge in [0.05, 0.1) is 17.0 Å². The molecule has 1 amide bonds. The van der Waals surface area contributed by atoms with Gasteiger partial charge in [-0.25, -0.2) is 8.78 Å². The summed E-state index contributed by atoms with van der Waals surface area (Å²) in [6.45, 7) is 0.322. The van der Waals surface area contributed by atoms with Gasteiger partial charge in [-0.15, -0.1) is 11.3 Å². The molecule has 1 aromatic carbocycles. The molecule has 0 atom stereocenters. The Morgan fingerprint density at radius 3 is 2.79 bits per heavy atom. The molecule has 0 aliphatic rings. The number of carbonyl (C=O) groups is 1. The fourth-order valence-corrected chi connectivity index (χ4v) is 2.94. The lowest BCUT2D eigenvalue weighted by atomic mass is 10.1. The van der Waals surface area contributed by atoms with E-state index in [2.05, 4.69) is 10.3 Å². The van der Waals surface area contributed by atoms with Gasteiger partial charge in [0.25, 0.3) is 0 Å². The predicted molar refractivity (Wildman–Crippen MR) is 89.5 cm³/mol. The fourth-order valence-electron chi connectivity index (χ4n) is 2.24. The third kappa shape index (κ3) is 4.02. The number of hydrogen-bond acceptors (Lipinski definition) is 3. The normalized spacial score (nSPS) is 10.6. The van der Waals surface area contributed by atoms with E-state index in [9.17, 15) is 13.6 Å². The first-order valence-electron chi connectivity index (χ1n) is 7.31. The van der Waals surface area contributed by atoms with Gasteiger partial charge in [-0.05, 0) is 40.8 Å². The topological polar surface area (TPSA) is 42.0 Å². The average molecular weight is 344 g/mol. The van der Waals surface area contributed by atoms with Crippen LogP contribution in [0.25, 0.3) is 10.6 Å². The van der Waals surface area contributed by atoms with Gasteiger partial charge >= 0.3 is 0 Å². The number of hydrogen-bond donors (Lipinski definition) is 1. The van der Waals surface area contributed by atoms with Gasteiger partial charge in [-0.1, -0.05) is 12.1 Å². The molecule has 2 heterocycles. The zero-order valence-corrected chi connectivity index (χ0v) is 13.4. The highest BCUT2D eigenvalue weighted by molar-refractivity contribution is 7.13. The highest BCUT2D eigenvalue weighted by Gasteiger charge is 2.09. The number of amides is 1. The largest absolute Gasteiger partial charge is 0.352 e. The number of thiophene rings is 1. The van der Waals surface area contributed by atoms with Crippen LogP contribution < -0.4 is 5.32 Å². The second-order valence-corrected chi connectivity index (χ2v) is 6.16. The van der Waals surface area contributed by atoms with Crippen molar-refractivity contribution in [2.45, 2.75) is 13.0 Å². The summed E-state index contributed by atoms with van der Waals surface area (Å²) in [6, 6.07) is 10.9. The predicted octanol–water partition coefficient (Wildman–Crippen LogP) is 3.95. The van der Waals surface area contributed by atoms with Crippen molar-refractivity contribution in [3.8, 4) is 10.6 Å². The first-order valence-corrected chi connectivity index (χ1v) is 8.19. The fraction of sp³-hybridized carbons (Fsp3) is 0.111. The SMILES string of the molecule is O=C(Cc1ccc(F)cc1F)NCc1ccnc(-c2cccs2)c1. The Morgan fingerprint density at radius 2 is 2.04 bits per heavy atom. The molecule has 0 radical (unpaired) electrons. The second-order valence-electron chi connectivity index (χ2n) is 5.22. The maximum absolute atomic E-state index is 13.6. The summed E-state index contributed by atoms with van der Waals surface area (Å²) < 4.78 is 26.4. The van der Waals surface area contributed by atoms with E-state index in [4.69, 9.17) is 0 Å². The standard InChI is InChI=1S/C18H14F2N2OS/c19-14-4-3-13(15(20)10-14)9-18(23)22-11-12-5-6-21-16(8-12)17-2-1-7-24-17/h1-8,10H,9,11H2,(H,22,23). The van der Waals surface area contributed by atoms with E-state index in [-0.39, 0.29) is 17.9 Å². The van der Waals surface area contributed by atoms with Crippen LogP contribution in [-0.2, 0) is 17.8 Å². The number of nitrogens with zero attached hydrogens (tertiary/aromatic N) is 1. The summed E-state index contributed by atoms with van der Waals surface area (Å²) in [5, 5.41) is 4.71. The molecule has 3 nitrogen and oxygen atoms in total. The number of rotatable bonds is 5. The van der Waals surface area contributed by atoms with E-state index in [0.717, 1.165) is 28.3 Å². The van der Waals surface area contributed by atoms with E-state index in [0.29, 0.717) is 6.54 Å². The molecule has 0 bridgehead atoms. The van der Waals surface area contributed by atoms with Crippen molar-refractivity contribution < 1.29 is 13.6 Å². The van der Waals surface area contributed by atoms with Crippen LogP contribution in [0.3, 0.4) is 0 Å². The molecule has 122 valence electrons. The molecule has 24 heavy (non-hydrogen) atoms. The Kier molecular flexibility index (Phi) is 4.96. The Balaban J connectivity index is 1.61. The van der Waals surface area contributed by atoms with Crippen molar-refractivity contribution in [2.24, 2.45) is 0 Å². The first-order chi connectivity index (χ1) is 11.6. The Morgan fingerprint density at radius 1 is 1.17 bits per heavy atom. The van der Waals surface area contributed by atoms with Crippen LogP contribution in [0, 0.1) is 11.6 Å². The van der Waals surface area contributed by atoms with Crippen molar-refractivity contribution >= 4 is 17.2 Å². The lowest BCUT2D eigenvalue weighted by Gasteiger charge is -2.07. The molecule has 0 saturated heterocycles. The summed E-state index contributed by atoms with van der Waals surface area (Å²) in [6.07, 6.45) is 1.56.